The number of anilines is 1. The molecule has 0 unspecified atom stereocenters. The first kappa shape index (κ1) is 20.0. The molecular weight excluding hydrogens is 348 g/mol. The van der Waals surface area contributed by atoms with Gasteiger partial charge in [0.2, 0.25) is 15.9 Å². The lowest BCUT2D eigenvalue weighted by molar-refractivity contribution is -0.120. The molecule has 5 nitrogen and oxygen atoms in total. The molecule has 2 aromatic carbocycles. The third-order valence-electron chi connectivity index (χ3n) is 4.02. The summed E-state index contributed by atoms with van der Waals surface area (Å²) < 4.78 is 25.7. The van der Waals surface area contributed by atoms with Gasteiger partial charge in [-0.15, -0.1) is 0 Å². The quantitative estimate of drug-likeness (QED) is 0.810. The van der Waals surface area contributed by atoms with Gasteiger partial charge in [0.15, 0.2) is 0 Å². The topological polar surface area (TPSA) is 66.5 Å². The van der Waals surface area contributed by atoms with Gasteiger partial charge < -0.3 is 5.32 Å². The predicted molar refractivity (Wildman–Crippen MR) is 106 cm³/mol. The van der Waals surface area contributed by atoms with Crippen LogP contribution in [0.15, 0.2) is 42.5 Å². The fraction of sp³-hybridized carbons (Fsp3) is 0.350. The molecule has 1 amide bonds. The minimum Gasteiger partial charge on any atom is -0.354 e. The molecule has 0 atom stereocenters. The monoisotopic (exact) mass is 374 g/mol. The Kier molecular flexibility index (Phi) is 6.42. The van der Waals surface area contributed by atoms with E-state index in [1.165, 1.54) is 10.6 Å². The highest BCUT2D eigenvalue weighted by Crippen LogP contribution is 2.20. The van der Waals surface area contributed by atoms with Gasteiger partial charge in [-0.1, -0.05) is 35.9 Å². The molecule has 0 radical (unpaired) electrons. The normalized spacial score (nSPS) is 11.2. The van der Waals surface area contributed by atoms with Crippen molar-refractivity contribution in [3.05, 3.63) is 64.7 Å². The lowest BCUT2D eigenvalue weighted by atomic mass is 10.1. The molecule has 0 aliphatic carbocycles. The van der Waals surface area contributed by atoms with Gasteiger partial charge in [-0.05, 0) is 49.6 Å². The van der Waals surface area contributed by atoms with Gasteiger partial charge in [0.05, 0.1) is 24.9 Å². The van der Waals surface area contributed by atoms with Gasteiger partial charge in [0.1, 0.15) is 0 Å². The summed E-state index contributed by atoms with van der Waals surface area (Å²) >= 11 is 0. The van der Waals surface area contributed by atoms with Gasteiger partial charge >= 0.3 is 0 Å². The smallest absolute Gasteiger partial charge is 0.232 e. The summed E-state index contributed by atoms with van der Waals surface area (Å²) in [5.41, 5.74) is 4.70. The lowest BCUT2D eigenvalue weighted by Gasteiger charge is -2.23. The van der Waals surface area contributed by atoms with Gasteiger partial charge in [-0.25, -0.2) is 8.42 Å². The fourth-order valence-corrected chi connectivity index (χ4v) is 3.74. The minimum atomic E-state index is -3.43. The van der Waals surface area contributed by atoms with Crippen molar-refractivity contribution in [1.82, 2.24) is 5.32 Å². The first-order valence-electron chi connectivity index (χ1n) is 8.53. The molecule has 140 valence electrons. The van der Waals surface area contributed by atoms with E-state index in [2.05, 4.69) is 5.32 Å². The predicted octanol–water partition coefficient (Wildman–Crippen LogP) is 2.74. The Balaban J connectivity index is 1.99. The zero-order valence-electron chi connectivity index (χ0n) is 15.7. The minimum absolute atomic E-state index is 0.122. The SMILES string of the molecule is Cc1ccc(CC(=O)NCCN(c2cc(C)cc(C)c2)S(C)(=O)=O)cc1. The fourth-order valence-electron chi connectivity index (χ4n) is 2.83. The number of nitrogens with one attached hydrogen (secondary N) is 1. The molecule has 0 fully saturated rings. The van der Waals surface area contributed by atoms with Crippen LogP contribution in [0.1, 0.15) is 22.3 Å². The Bertz CT molecular complexity index is 854. The molecular formula is C20H26N2O3S. The molecule has 0 aromatic heterocycles. The van der Waals surface area contributed by atoms with Crippen molar-refractivity contribution in [3.63, 3.8) is 0 Å². The third-order valence-corrected chi connectivity index (χ3v) is 5.21. The maximum absolute atomic E-state index is 12.2. The third kappa shape index (κ3) is 5.88. The number of sulfonamides is 1. The summed E-state index contributed by atoms with van der Waals surface area (Å²) in [6, 6.07) is 13.4. The number of aryl methyl sites for hydroxylation is 3. The van der Waals surface area contributed by atoms with Crippen LogP contribution in [0.25, 0.3) is 0 Å². The van der Waals surface area contributed by atoms with Crippen molar-refractivity contribution in [3.8, 4) is 0 Å². The molecule has 0 aliphatic heterocycles. The second-order valence-corrected chi connectivity index (χ2v) is 8.60. The van der Waals surface area contributed by atoms with Crippen LogP contribution in [0.5, 0.6) is 0 Å². The van der Waals surface area contributed by atoms with Crippen molar-refractivity contribution in [1.29, 1.82) is 0 Å². The maximum Gasteiger partial charge on any atom is 0.232 e. The molecule has 0 spiro atoms. The average molecular weight is 375 g/mol. The van der Waals surface area contributed by atoms with Crippen LogP contribution in [-0.2, 0) is 21.2 Å². The average Bonchev–Trinajstić information content (AvgIpc) is 2.51. The summed E-state index contributed by atoms with van der Waals surface area (Å²) in [5.74, 6) is -0.122. The standard InChI is InChI=1S/C20H26N2O3S/c1-15-5-7-18(8-6-15)14-20(23)21-9-10-22(26(4,24)25)19-12-16(2)11-17(3)13-19/h5-8,11-13H,9-10,14H2,1-4H3,(H,21,23). The largest absolute Gasteiger partial charge is 0.354 e. The molecule has 0 bridgehead atoms. The van der Waals surface area contributed by atoms with Crippen LogP contribution in [0, 0.1) is 20.8 Å². The zero-order chi connectivity index (χ0) is 19.3. The molecule has 2 aromatic rings. The van der Waals surface area contributed by atoms with E-state index in [1.54, 1.807) is 0 Å². The highest BCUT2D eigenvalue weighted by atomic mass is 32.2. The number of hydrogen-bond acceptors (Lipinski definition) is 3. The van der Waals surface area contributed by atoms with E-state index in [0.29, 0.717) is 5.69 Å². The van der Waals surface area contributed by atoms with Crippen LogP contribution in [0.4, 0.5) is 5.69 Å². The summed E-state index contributed by atoms with van der Waals surface area (Å²) in [5, 5.41) is 2.80. The van der Waals surface area contributed by atoms with Crippen molar-refractivity contribution < 1.29 is 13.2 Å². The molecule has 6 heteroatoms. The van der Waals surface area contributed by atoms with Crippen LogP contribution < -0.4 is 9.62 Å². The number of carbonyl (C=O) groups is 1. The van der Waals surface area contributed by atoms with Gasteiger partial charge in [0, 0.05) is 6.54 Å². The van der Waals surface area contributed by atoms with E-state index in [4.69, 9.17) is 0 Å². The van der Waals surface area contributed by atoms with Crippen molar-refractivity contribution >= 4 is 21.6 Å². The van der Waals surface area contributed by atoms with Crippen LogP contribution >= 0.6 is 0 Å². The maximum atomic E-state index is 12.2. The van der Waals surface area contributed by atoms with Gasteiger partial charge in [-0.2, -0.15) is 0 Å². The number of benzene rings is 2. The molecule has 2 rings (SSSR count). The van der Waals surface area contributed by atoms with Crippen molar-refractivity contribution in [2.45, 2.75) is 27.2 Å². The Morgan fingerprint density at radius 1 is 0.962 bits per heavy atom. The summed E-state index contributed by atoms with van der Waals surface area (Å²) in [4.78, 5) is 12.1. The Morgan fingerprint density at radius 3 is 2.08 bits per heavy atom. The highest BCUT2D eigenvalue weighted by molar-refractivity contribution is 7.92. The van der Waals surface area contributed by atoms with E-state index in [-0.39, 0.29) is 25.4 Å². The Morgan fingerprint density at radius 2 is 1.54 bits per heavy atom. The number of nitrogens with zero attached hydrogens (tertiary/aromatic N) is 1. The number of hydrogen-bond donors (Lipinski definition) is 1. The molecule has 0 aliphatic rings. The van der Waals surface area contributed by atoms with Crippen LogP contribution in [0.2, 0.25) is 0 Å². The summed E-state index contributed by atoms with van der Waals surface area (Å²) in [7, 11) is -3.43. The van der Waals surface area contributed by atoms with Crippen LogP contribution in [-0.4, -0.2) is 33.7 Å². The molecule has 0 saturated carbocycles. The second kappa shape index (κ2) is 8.36. The van der Waals surface area contributed by atoms with Gasteiger partial charge in [0.25, 0.3) is 0 Å². The first-order chi connectivity index (χ1) is 12.1. The second-order valence-electron chi connectivity index (χ2n) is 6.69. The first-order valence-corrected chi connectivity index (χ1v) is 10.4. The van der Waals surface area contributed by atoms with Crippen LogP contribution in [0.3, 0.4) is 0 Å². The highest BCUT2D eigenvalue weighted by Gasteiger charge is 2.18. The van der Waals surface area contributed by atoms with Gasteiger partial charge in [-0.3, -0.25) is 9.10 Å². The summed E-state index contributed by atoms with van der Waals surface area (Å²) in [6.45, 7) is 6.31. The summed E-state index contributed by atoms with van der Waals surface area (Å²) in [6.07, 6.45) is 1.46. The van der Waals surface area contributed by atoms with Crippen molar-refractivity contribution in [2.75, 3.05) is 23.7 Å². The van der Waals surface area contributed by atoms with E-state index in [1.807, 2.05) is 63.2 Å². The number of rotatable bonds is 7. The molecule has 26 heavy (non-hydrogen) atoms. The van der Waals surface area contributed by atoms with E-state index >= 15 is 0 Å². The van der Waals surface area contributed by atoms with Crippen molar-refractivity contribution in [2.24, 2.45) is 0 Å². The Labute approximate surface area is 156 Å². The molecule has 0 heterocycles. The Hall–Kier alpha value is -2.34. The number of carbonyl (C=O) groups excluding carboxylic acids is 1. The molecule has 1 N–H and O–H groups in total. The molecule has 0 saturated heterocycles. The van der Waals surface area contributed by atoms with E-state index < -0.39 is 10.0 Å². The van der Waals surface area contributed by atoms with E-state index in [0.717, 1.165) is 22.3 Å². The zero-order valence-corrected chi connectivity index (χ0v) is 16.6. The lowest BCUT2D eigenvalue weighted by Crippen LogP contribution is -2.38. The van der Waals surface area contributed by atoms with E-state index in [9.17, 15) is 13.2 Å². The number of amides is 1.